The van der Waals surface area contributed by atoms with Crippen LogP contribution < -0.4 is 29.6 Å². The molecule has 0 N–H and O–H groups in total. The van der Waals surface area contributed by atoms with E-state index in [-0.39, 0.29) is 36.0 Å². The zero-order valence-electron chi connectivity index (χ0n) is 8.07. The molecule has 0 aromatic heterocycles. The summed E-state index contributed by atoms with van der Waals surface area (Å²) in [5.74, 6) is 0. The number of hydrogen-bond donors (Lipinski definition) is 0. The summed E-state index contributed by atoms with van der Waals surface area (Å²) in [5.41, 5.74) is 0.996. The van der Waals surface area contributed by atoms with Crippen molar-refractivity contribution in [1.29, 1.82) is 0 Å². The third kappa shape index (κ3) is 2.92. The first-order valence-corrected chi connectivity index (χ1v) is 5.07. The summed E-state index contributed by atoms with van der Waals surface area (Å²) in [7, 11) is -4.23. The van der Waals surface area contributed by atoms with Crippen LogP contribution in [0.1, 0.15) is 20.3 Å². The van der Waals surface area contributed by atoms with Gasteiger partial charge in [0.05, 0.1) is 4.75 Å². The summed E-state index contributed by atoms with van der Waals surface area (Å²) in [6.07, 6.45) is 5.17. The van der Waals surface area contributed by atoms with Gasteiger partial charge in [-0.1, -0.05) is 23.8 Å². The summed E-state index contributed by atoms with van der Waals surface area (Å²) in [6.45, 7) is 3.31. The Morgan fingerprint density at radius 1 is 1.54 bits per heavy atom. The first-order valence-electron chi connectivity index (χ1n) is 3.67. The molecule has 1 aliphatic rings. The molecule has 0 bridgehead atoms. The van der Waals surface area contributed by atoms with E-state index < -0.39 is 14.9 Å². The molecule has 0 fully saturated rings. The van der Waals surface area contributed by atoms with Gasteiger partial charge < -0.3 is 4.55 Å². The fraction of sp³-hybridized carbons (Fsp3) is 0.500. The zero-order chi connectivity index (χ0) is 9.41. The van der Waals surface area contributed by atoms with Crippen LogP contribution in [0.4, 0.5) is 0 Å². The molecule has 1 unspecified atom stereocenters. The molecule has 13 heavy (non-hydrogen) atoms. The van der Waals surface area contributed by atoms with Crippen molar-refractivity contribution in [2.75, 3.05) is 0 Å². The largest absolute Gasteiger partial charge is 1.00 e. The second-order valence-corrected chi connectivity index (χ2v) is 5.09. The molecule has 0 amide bonds. The van der Waals surface area contributed by atoms with Crippen LogP contribution in [0, 0.1) is 0 Å². The van der Waals surface area contributed by atoms with Crippen LogP contribution in [0.25, 0.3) is 0 Å². The van der Waals surface area contributed by atoms with Crippen molar-refractivity contribution >= 4 is 10.1 Å². The third-order valence-electron chi connectivity index (χ3n) is 2.10. The summed E-state index contributed by atoms with van der Waals surface area (Å²) in [5, 5.41) is 0. The van der Waals surface area contributed by atoms with Gasteiger partial charge in [0.1, 0.15) is 10.1 Å². The predicted molar refractivity (Wildman–Crippen MR) is 45.6 cm³/mol. The maximum Gasteiger partial charge on any atom is 1.00 e. The molecule has 3 nitrogen and oxygen atoms in total. The van der Waals surface area contributed by atoms with Gasteiger partial charge in [0, 0.05) is 0 Å². The smallest absolute Gasteiger partial charge is 0.747 e. The van der Waals surface area contributed by atoms with Gasteiger partial charge in [-0.15, -0.1) is 0 Å². The zero-order valence-corrected chi connectivity index (χ0v) is 10.9. The van der Waals surface area contributed by atoms with E-state index in [1.165, 1.54) is 13.0 Å². The fourth-order valence-electron chi connectivity index (χ4n) is 0.993. The number of rotatable bonds is 1. The first-order chi connectivity index (χ1) is 5.35. The predicted octanol–water partition coefficient (Wildman–Crippen LogP) is -1.80. The van der Waals surface area contributed by atoms with Crippen LogP contribution in [0.2, 0.25) is 0 Å². The Balaban J connectivity index is 0.00000144. The van der Waals surface area contributed by atoms with E-state index in [0.717, 1.165) is 5.57 Å². The molecule has 0 radical (unpaired) electrons. The summed E-state index contributed by atoms with van der Waals surface area (Å²) >= 11 is 0. The molecular formula is C8H11NaO3S. The molecule has 0 saturated heterocycles. The Hall–Kier alpha value is 0.390. The first kappa shape index (κ1) is 13.4. The minimum absolute atomic E-state index is 0. The van der Waals surface area contributed by atoms with Crippen LogP contribution in [0.15, 0.2) is 23.8 Å². The average molecular weight is 210 g/mol. The van der Waals surface area contributed by atoms with Crippen molar-refractivity contribution in [3.05, 3.63) is 23.8 Å². The molecular weight excluding hydrogens is 199 g/mol. The van der Waals surface area contributed by atoms with Gasteiger partial charge in [-0.05, 0) is 20.3 Å². The Morgan fingerprint density at radius 2 is 2.08 bits per heavy atom. The summed E-state index contributed by atoms with van der Waals surface area (Å²) in [4.78, 5) is 0. The molecule has 0 aromatic carbocycles. The Kier molecular flexibility index (Phi) is 4.40. The molecule has 0 saturated carbocycles. The van der Waals surface area contributed by atoms with Gasteiger partial charge in [0.25, 0.3) is 0 Å². The molecule has 1 rings (SSSR count). The van der Waals surface area contributed by atoms with E-state index in [0.29, 0.717) is 0 Å². The normalized spacial score (nSPS) is 27.8. The average Bonchev–Trinajstić information content (AvgIpc) is 1.93. The molecule has 68 valence electrons. The molecule has 0 aliphatic heterocycles. The van der Waals surface area contributed by atoms with Crippen LogP contribution in [0.5, 0.6) is 0 Å². The SMILES string of the molecule is CC1=CCC(C)(S(=O)(=O)[O-])C=C1.[Na+]. The molecule has 0 heterocycles. The van der Waals surface area contributed by atoms with Gasteiger partial charge in [0.15, 0.2) is 0 Å². The summed E-state index contributed by atoms with van der Waals surface area (Å²) in [6, 6.07) is 0. The maximum absolute atomic E-state index is 10.8. The quantitative estimate of drug-likeness (QED) is 0.379. The van der Waals surface area contributed by atoms with Crippen molar-refractivity contribution in [3.8, 4) is 0 Å². The summed E-state index contributed by atoms with van der Waals surface area (Å²) < 4.78 is 31.1. The van der Waals surface area contributed by atoms with Crippen molar-refractivity contribution in [3.63, 3.8) is 0 Å². The number of hydrogen-bond acceptors (Lipinski definition) is 3. The third-order valence-corrected chi connectivity index (χ3v) is 3.54. The minimum atomic E-state index is -4.23. The van der Waals surface area contributed by atoms with Gasteiger partial charge >= 0.3 is 29.6 Å². The maximum atomic E-state index is 10.8. The van der Waals surface area contributed by atoms with E-state index in [1.54, 1.807) is 12.2 Å². The van der Waals surface area contributed by atoms with E-state index in [1.807, 2.05) is 6.92 Å². The Morgan fingerprint density at radius 3 is 2.38 bits per heavy atom. The number of allylic oxidation sites excluding steroid dienone is 3. The van der Waals surface area contributed by atoms with Crippen LogP contribution >= 0.6 is 0 Å². The van der Waals surface area contributed by atoms with Crippen molar-refractivity contribution < 1.29 is 42.5 Å². The molecule has 0 aromatic rings. The van der Waals surface area contributed by atoms with E-state index in [2.05, 4.69) is 0 Å². The Labute approximate surface area is 101 Å². The Bertz CT molecular complexity index is 342. The molecule has 1 aliphatic carbocycles. The molecule has 1 atom stereocenters. The van der Waals surface area contributed by atoms with Gasteiger partial charge in [-0.2, -0.15) is 0 Å². The van der Waals surface area contributed by atoms with Crippen LogP contribution in [-0.4, -0.2) is 17.7 Å². The van der Waals surface area contributed by atoms with E-state index in [9.17, 15) is 13.0 Å². The fourth-order valence-corrected chi connectivity index (χ4v) is 1.52. The van der Waals surface area contributed by atoms with E-state index >= 15 is 0 Å². The molecule has 0 spiro atoms. The molecule has 5 heteroatoms. The second kappa shape index (κ2) is 4.28. The van der Waals surface area contributed by atoms with Crippen molar-refractivity contribution in [2.45, 2.75) is 25.0 Å². The minimum Gasteiger partial charge on any atom is -0.747 e. The second-order valence-electron chi connectivity index (χ2n) is 3.25. The standard InChI is InChI=1S/C8H12O3S.Na/c1-7-3-5-8(2,6-4-7)12(9,10)11;/h3-5H,6H2,1-2H3,(H,9,10,11);/q;+1/p-1. The van der Waals surface area contributed by atoms with Crippen molar-refractivity contribution in [2.24, 2.45) is 0 Å². The monoisotopic (exact) mass is 210 g/mol. The van der Waals surface area contributed by atoms with Gasteiger partial charge in [-0.25, -0.2) is 8.42 Å². The van der Waals surface area contributed by atoms with Gasteiger partial charge in [-0.3, -0.25) is 0 Å². The van der Waals surface area contributed by atoms with E-state index in [4.69, 9.17) is 0 Å². The topological polar surface area (TPSA) is 57.2 Å². The van der Waals surface area contributed by atoms with Gasteiger partial charge in [0.2, 0.25) is 0 Å². The van der Waals surface area contributed by atoms with Crippen molar-refractivity contribution in [1.82, 2.24) is 0 Å². The van der Waals surface area contributed by atoms with Crippen LogP contribution in [0.3, 0.4) is 0 Å². The van der Waals surface area contributed by atoms with Crippen LogP contribution in [-0.2, 0) is 10.1 Å².